The summed E-state index contributed by atoms with van der Waals surface area (Å²) in [5, 5.41) is 4.90. The normalized spacial score (nSPS) is 31.1. The Hall–Kier alpha value is -1.14. The predicted octanol–water partition coefficient (Wildman–Crippen LogP) is -0.214. The third-order valence-corrected chi connectivity index (χ3v) is 3.84. The lowest BCUT2D eigenvalue weighted by Crippen LogP contribution is -2.52. The first kappa shape index (κ1) is 13.3. The lowest BCUT2D eigenvalue weighted by Gasteiger charge is -2.37. The number of piperidine rings is 1. The number of hydrogen-bond donors (Lipinski definition) is 3. The summed E-state index contributed by atoms with van der Waals surface area (Å²) < 4.78 is 0. The monoisotopic (exact) mass is 254 g/mol. The van der Waals surface area contributed by atoms with Crippen LogP contribution in [-0.4, -0.2) is 48.1 Å². The maximum absolute atomic E-state index is 11.8. The zero-order valence-corrected chi connectivity index (χ0v) is 10.8. The molecule has 4 N–H and O–H groups in total. The minimum absolute atomic E-state index is 0.228. The molecule has 2 unspecified atom stereocenters. The van der Waals surface area contributed by atoms with Crippen LogP contribution in [0, 0.1) is 0 Å². The van der Waals surface area contributed by atoms with Gasteiger partial charge < -0.3 is 11.1 Å². The van der Waals surface area contributed by atoms with Crippen LogP contribution in [0.15, 0.2) is 0 Å². The number of imide groups is 1. The third-order valence-electron chi connectivity index (χ3n) is 3.84. The van der Waals surface area contributed by atoms with Crippen LogP contribution in [0.4, 0.5) is 4.79 Å². The molecule has 0 aromatic rings. The number of carbonyl (C=O) groups excluding carboxylic acids is 2. The first-order valence-corrected chi connectivity index (χ1v) is 6.69. The van der Waals surface area contributed by atoms with Gasteiger partial charge in [0.05, 0.1) is 6.54 Å². The van der Waals surface area contributed by atoms with Gasteiger partial charge in [0.25, 0.3) is 0 Å². The lowest BCUT2D eigenvalue weighted by molar-refractivity contribution is -0.122. The highest BCUT2D eigenvalue weighted by Crippen LogP contribution is 2.34. The molecule has 2 fully saturated rings. The van der Waals surface area contributed by atoms with Crippen molar-refractivity contribution in [1.82, 2.24) is 15.5 Å². The SMILES string of the molecule is CCNC(=O)NC(=O)CN1C2CCC1CC(N)C2. The van der Waals surface area contributed by atoms with Gasteiger partial charge in [0, 0.05) is 24.7 Å². The summed E-state index contributed by atoms with van der Waals surface area (Å²) >= 11 is 0. The van der Waals surface area contributed by atoms with Gasteiger partial charge in [-0.15, -0.1) is 0 Å². The van der Waals surface area contributed by atoms with Gasteiger partial charge in [-0.2, -0.15) is 0 Å². The van der Waals surface area contributed by atoms with Crippen molar-refractivity contribution < 1.29 is 9.59 Å². The average molecular weight is 254 g/mol. The molecule has 2 bridgehead atoms. The van der Waals surface area contributed by atoms with Crippen molar-refractivity contribution in [1.29, 1.82) is 0 Å². The number of nitrogens with two attached hydrogens (primary N) is 1. The van der Waals surface area contributed by atoms with Crippen LogP contribution >= 0.6 is 0 Å². The Bertz CT molecular complexity index is 320. The van der Waals surface area contributed by atoms with E-state index in [1.165, 1.54) is 0 Å². The van der Waals surface area contributed by atoms with Crippen molar-refractivity contribution in [2.24, 2.45) is 5.73 Å². The van der Waals surface area contributed by atoms with Gasteiger partial charge in [0.15, 0.2) is 0 Å². The summed E-state index contributed by atoms with van der Waals surface area (Å²) in [4.78, 5) is 25.2. The molecule has 0 saturated carbocycles. The Morgan fingerprint density at radius 1 is 1.28 bits per heavy atom. The minimum atomic E-state index is -0.413. The maximum atomic E-state index is 11.8. The highest BCUT2D eigenvalue weighted by Gasteiger charge is 2.40. The Balaban J connectivity index is 1.83. The molecule has 0 aliphatic carbocycles. The fourth-order valence-corrected chi connectivity index (χ4v) is 3.11. The number of nitrogens with zero attached hydrogens (tertiary/aromatic N) is 1. The average Bonchev–Trinajstić information content (AvgIpc) is 2.54. The standard InChI is InChI=1S/C12H22N4O2/c1-2-14-12(18)15-11(17)7-16-9-3-4-10(16)6-8(13)5-9/h8-10H,2-7,13H2,1H3,(H2,14,15,17,18). The predicted molar refractivity (Wildman–Crippen MR) is 67.9 cm³/mol. The molecule has 2 aliphatic heterocycles. The van der Waals surface area contributed by atoms with Crippen LogP contribution < -0.4 is 16.4 Å². The molecule has 2 atom stereocenters. The zero-order valence-electron chi connectivity index (χ0n) is 10.8. The quantitative estimate of drug-likeness (QED) is 0.650. The van der Waals surface area contributed by atoms with E-state index in [-0.39, 0.29) is 11.9 Å². The molecule has 6 nitrogen and oxygen atoms in total. The van der Waals surface area contributed by atoms with E-state index < -0.39 is 6.03 Å². The van der Waals surface area contributed by atoms with Crippen molar-refractivity contribution in [3.8, 4) is 0 Å². The van der Waals surface area contributed by atoms with Crippen molar-refractivity contribution in [2.75, 3.05) is 13.1 Å². The van der Waals surface area contributed by atoms with E-state index in [1.807, 2.05) is 6.92 Å². The van der Waals surface area contributed by atoms with Gasteiger partial charge in [-0.25, -0.2) is 4.79 Å². The maximum Gasteiger partial charge on any atom is 0.321 e. The van der Waals surface area contributed by atoms with E-state index >= 15 is 0 Å². The number of nitrogens with one attached hydrogen (secondary N) is 2. The molecule has 2 aliphatic rings. The second-order valence-corrected chi connectivity index (χ2v) is 5.20. The molecule has 0 aromatic carbocycles. The topological polar surface area (TPSA) is 87.5 Å². The van der Waals surface area contributed by atoms with E-state index in [2.05, 4.69) is 15.5 Å². The Morgan fingerprint density at radius 3 is 2.44 bits per heavy atom. The first-order chi connectivity index (χ1) is 8.60. The number of hydrogen-bond acceptors (Lipinski definition) is 4. The van der Waals surface area contributed by atoms with Crippen molar-refractivity contribution in [3.63, 3.8) is 0 Å². The van der Waals surface area contributed by atoms with E-state index in [1.54, 1.807) is 0 Å². The first-order valence-electron chi connectivity index (χ1n) is 6.69. The molecule has 2 saturated heterocycles. The molecule has 3 amide bonds. The van der Waals surface area contributed by atoms with Crippen LogP contribution in [0.5, 0.6) is 0 Å². The second-order valence-electron chi connectivity index (χ2n) is 5.20. The summed E-state index contributed by atoms with van der Waals surface area (Å²) in [5.74, 6) is -0.228. The summed E-state index contributed by atoms with van der Waals surface area (Å²) in [6.07, 6.45) is 4.16. The highest BCUT2D eigenvalue weighted by molar-refractivity contribution is 5.95. The van der Waals surface area contributed by atoms with Gasteiger partial charge in [0.2, 0.25) is 5.91 Å². The molecule has 0 spiro atoms. The van der Waals surface area contributed by atoms with Crippen LogP contribution in [0.1, 0.15) is 32.6 Å². The van der Waals surface area contributed by atoms with Crippen LogP contribution in [0.3, 0.4) is 0 Å². The molecule has 0 aromatic heterocycles. The Kier molecular flexibility index (Phi) is 4.19. The highest BCUT2D eigenvalue weighted by atomic mass is 16.2. The smallest absolute Gasteiger partial charge is 0.321 e. The molecule has 18 heavy (non-hydrogen) atoms. The number of carbonyl (C=O) groups is 2. The second kappa shape index (κ2) is 5.67. The van der Waals surface area contributed by atoms with Crippen molar-refractivity contribution in [2.45, 2.75) is 50.7 Å². The number of urea groups is 1. The van der Waals surface area contributed by atoms with Gasteiger partial charge >= 0.3 is 6.03 Å². The van der Waals surface area contributed by atoms with E-state index in [0.717, 1.165) is 25.7 Å². The summed E-state index contributed by atoms with van der Waals surface area (Å²) in [7, 11) is 0. The molecule has 6 heteroatoms. The van der Waals surface area contributed by atoms with Crippen molar-refractivity contribution in [3.05, 3.63) is 0 Å². The van der Waals surface area contributed by atoms with Gasteiger partial charge in [-0.3, -0.25) is 15.0 Å². The van der Waals surface area contributed by atoms with Crippen LogP contribution in [0.2, 0.25) is 0 Å². The van der Waals surface area contributed by atoms with Gasteiger partial charge in [-0.05, 0) is 32.6 Å². The summed E-state index contributed by atoms with van der Waals surface area (Å²) in [6, 6.07) is 0.686. The molecule has 0 radical (unpaired) electrons. The Morgan fingerprint density at radius 2 is 1.89 bits per heavy atom. The summed E-state index contributed by atoms with van der Waals surface area (Å²) in [6.45, 7) is 2.64. The molecule has 2 heterocycles. The summed E-state index contributed by atoms with van der Waals surface area (Å²) in [5.41, 5.74) is 5.98. The lowest BCUT2D eigenvalue weighted by atomic mass is 9.98. The van der Waals surface area contributed by atoms with Gasteiger partial charge in [0.1, 0.15) is 0 Å². The van der Waals surface area contributed by atoms with E-state index in [0.29, 0.717) is 25.2 Å². The van der Waals surface area contributed by atoms with Crippen LogP contribution in [0.25, 0.3) is 0 Å². The number of amides is 3. The molecular weight excluding hydrogens is 232 g/mol. The Labute approximate surface area is 107 Å². The molecule has 102 valence electrons. The van der Waals surface area contributed by atoms with Crippen LogP contribution in [-0.2, 0) is 4.79 Å². The molecule has 2 rings (SSSR count). The van der Waals surface area contributed by atoms with E-state index in [9.17, 15) is 9.59 Å². The van der Waals surface area contributed by atoms with Gasteiger partial charge in [-0.1, -0.05) is 0 Å². The number of rotatable bonds is 3. The largest absolute Gasteiger partial charge is 0.338 e. The fraction of sp³-hybridized carbons (Fsp3) is 0.833. The van der Waals surface area contributed by atoms with Crippen molar-refractivity contribution >= 4 is 11.9 Å². The minimum Gasteiger partial charge on any atom is -0.338 e. The number of fused-ring (bicyclic) bond motifs is 2. The van der Waals surface area contributed by atoms with E-state index in [4.69, 9.17) is 5.73 Å². The fourth-order valence-electron chi connectivity index (χ4n) is 3.11. The molecular formula is C12H22N4O2. The third kappa shape index (κ3) is 3.00. The zero-order chi connectivity index (χ0) is 13.1.